The van der Waals surface area contributed by atoms with Crippen LogP contribution in [0.5, 0.6) is 0 Å². The lowest BCUT2D eigenvalue weighted by Gasteiger charge is -2.04. The summed E-state index contributed by atoms with van der Waals surface area (Å²) in [6.07, 6.45) is 6.39. The van der Waals surface area contributed by atoms with E-state index in [1.165, 1.54) is 17.7 Å². The molecule has 5 nitrogen and oxygen atoms in total. The summed E-state index contributed by atoms with van der Waals surface area (Å²) in [6.45, 7) is 3.70. The number of carbonyl (C=O) groups is 2. The maximum Gasteiger partial charge on any atom is 0.335 e. The summed E-state index contributed by atoms with van der Waals surface area (Å²) < 4.78 is 0. The molecule has 1 aromatic carbocycles. The lowest BCUT2D eigenvalue weighted by molar-refractivity contribution is 0.0695. The molecule has 0 saturated heterocycles. The van der Waals surface area contributed by atoms with Gasteiger partial charge in [-0.15, -0.1) is 0 Å². The first kappa shape index (κ1) is 16.5. The zero-order valence-corrected chi connectivity index (χ0v) is 12.1. The van der Waals surface area contributed by atoms with E-state index in [1.807, 2.05) is 6.08 Å². The molecule has 1 aliphatic rings. The molecule has 1 aromatic rings. The van der Waals surface area contributed by atoms with Crippen LogP contribution in [0.15, 0.2) is 41.6 Å². The Morgan fingerprint density at radius 2 is 1.81 bits per heavy atom. The van der Waals surface area contributed by atoms with Crippen molar-refractivity contribution in [2.24, 2.45) is 5.73 Å². The van der Waals surface area contributed by atoms with Crippen molar-refractivity contribution in [3.63, 3.8) is 0 Å². The molecule has 4 N–H and O–H groups in total. The Bertz CT molecular complexity index is 615. The third-order valence-corrected chi connectivity index (χ3v) is 3.03. The Hall–Kier alpha value is -2.56. The number of hydrogen-bond acceptors (Lipinski definition) is 3. The zero-order chi connectivity index (χ0) is 16.0. The van der Waals surface area contributed by atoms with Gasteiger partial charge in [-0.2, -0.15) is 0 Å². The second-order valence-electron chi connectivity index (χ2n) is 4.85. The van der Waals surface area contributed by atoms with Gasteiger partial charge in [0.25, 0.3) is 0 Å². The molecule has 21 heavy (non-hydrogen) atoms. The first-order chi connectivity index (χ1) is 9.81. The fourth-order valence-electron chi connectivity index (χ4n) is 1.88. The lowest BCUT2D eigenvalue weighted by Crippen LogP contribution is -2.03. The van der Waals surface area contributed by atoms with Gasteiger partial charge in [-0.25, -0.2) is 9.59 Å². The Balaban J connectivity index is 0.000000235. The lowest BCUT2D eigenvalue weighted by atomic mass is 10.1. The maximum absolute atomic E-state index is 10.6. The third kappa shape index (κ3) is 5.14. The molecule has 0 spiro atoms. The average molecular weight is 289 g/mol. The highest BCUT2D eigenvalue weighted by Crippen LogP contribution is 2.12. The molecule has 0 aliphatic heterocycles. The van der Waals surface area contributed by atoms with E-state index < -0.39 is 11.9 Å². The fourth-order valence-corrected chi connectivity index (χ4v) is 1.88. The van der Waals surface area contributed by atoms with Crippen LogP contribution in [0.2, 0.25) is 0 Å². The Morgan fingerprint density at radius 3 is 2.24 bits per heavy atom. The molecule has 5 heteroatoms. The summed E-state index contributed by atoms with van der Waals surface area (Å²) in [7, 11) is 0. The smallest absolute Gasteiger partial charge is 0.335 e. The number of nitrogens with two attached hydrogens (primary N) is 1. The van der Waals surface area contributed by atoms with Gasteiger partial charge in [-0.05, 0) is 50.5 Å². The summed E-state index contributed by atoms with van der Waals surface area (Å²) in [6, 6.07) is 4.01. The number of carboxylic acids is 2. The largest absolute Gasteiger partial charge is 0.478 e. The summed E-state index contributed by atoms with van der Waals surface area (Å²) >= 11 is 0. The molecule has 0 amide bonds. The Labute approximate surface area is 123 Å². The summed E-state index contributed by atoms with van der Waals surface area (Å²) in [5, 5.41) is 17.3. The number of rotatable bonds is 2. The topological polar surface area (TPSA) is 101 Å². The highest BCUT2D eigenvalue weighted by Gasteiger charge is 2.10. The van der Waals surface area contributed by atoms with Crippen LogP contribution in [-0.2, 0) is 0 Å². The Kier molecular flexibility index (Phi) is 5.72. The monoisotopic (exact) mass is 289 g/mol. The number of aromatic carboxylic acids is 2. The molecule has 2 rings (SSSR count). The van der Waals surface area contributed by atoms with Gasteiger partial charge in [-0.1, -0.05) is 17.7 Å². The van der Waals surface area contributed by atoms with Crippen LogP contribution >= 0.6 is 0 Å². The van der Waals surface area contributed by atoms with Crippen molar-refractivity contribution in [1.29, 1.82) is 0 Å². The van der Waals surface area contributed by atoms with Crippen molar-refractivity contribution in [2.75, 3.05) is 0 Å². The first-order valence-electron chi connectivity index (χ1n) is 6.51. The van der Waals surface area contributed by atoms with Gasteiger partial charge in [0, 0.05) is 5.70 Å². The van der Waals surface area contributed by atoms with E-state index in [9.17, 15) is 9.59 Å². The fraction of sp³-hybridized carbons (Fsp3) is 0.250. The first-order valence-corrected chi connectivity index (χ1v) is 6.51. The van der Waals surface area contributed by atoms with E-state index in [0.717, 1.165) is 24.6 Å². The van der Waals surface area contributed by atoms with E-state index in [2.05, 4.69) is 13.0 Å². The SMILES string of the molecule is CC1=CCCC(N)=C1.Cc1ccc(C(=O)O)cc1C(=O)O. The van der Waals surface area contributed by atoms with E-state index in [0.29, 0.717) is 5.56 Å². The van der Waals surface area contributed by atoms with Crippen LogP contribution in [0, 0.1) is 6.92 Å². The van der Waals surface area contributed by atoms with Gasteiger partial charge in [0.1, 0.15) is 0 Å². The van der Waals surface area contributed by atoms with Crippen molar-refractivity contribution in [1.82, 2.24) is 0 Å². The predicted molar refractivity (Wildman–Crippen MR) is 80.4 cm³/mol. The standard InChI is InChI=1S/C9H8O4.C7H11N/c1-5-2-3-6(8(10)11)4-7(5)9(12)13;1-6-3-2-4-7(8)5-6/h2-4H,1H3,(H,10,11)(H,12,13);3,5H,2,4,8H2,1H3. The molecule has 0 bridgehead atoms. The minimum atomic E-state index is -1.12. The quantitative estimate of drug-likeness (QED) is 0.777. The van der Waals surface area contributed by atoms with Gasteiger partial charge in [0.05, 0.1) is 11.1 Å². The predicted octanol–water partition coefficient (Wildman–Crippen LogP) is 2.96. The molecule has 0 saturated carbocycles. The van der Waals surface area contributed by atoms with Gasteiger partial charge >= 0.3 is 11.9 Å². The summed E-state index contributed by atoms with van der Waals surface area (Å²) in [4.78, 5) is 21.1. The van der Waals surface area contributed by atoms with Crippen LogP contribution in [0.1, 0.15) is 46.0 Å². The molecule has 0 aromatic heterocycles. The number of carboxylic acid groups (broad SMARTS) is 2. The summed E-state index contributed by atoms with van der Waals surface area (Å²) in [5.41, 5.74) is 8.43. The zero-order valence-electron chi connectivity index (χ0n) is 12.1. The van der Waals surface area contributed by atoms with Crippen molar-refractivity contribution in [2.45, 2.75) is 26.7 Å². The molecule has 0 unspecified atom stereocenters. The maximum atomic E-state index is 10.6. The van der Waals surface area contributed by atoms with Crippen molar-refractivity contribution >= 4 is 11.9 Å². The minimum absolute atomic E-state index is 0.0111. The molecule has 0 fully saturated rings. The number of aryl methyl sites for hydroxylation is 1. The van der Waals surface area contributed by atoms with Crippen LogP contribution in [0.3, 0.4) is 0 Å². The molecule has 0 radical (unpaired) electrons. The van der Waals surface area contributed by atoms with Crippen LogP contribution in [0.25, 0.3) is 0 Å². The second-order valence-corrected chi connectivity index (χ2v) is 4.85. The number of benzene rings is 1. The Morgan fingerprint density at radius 1 is 1.14 bits per heavy atom. The average Bonchev–Trinajstić information content (AvgIpc) is 2.39. The number of hydrogen-bond donors (Lipinski definition) is 3. The molecule has 0 heterocycles. The minimum Gasteiger partial charge on any atom is -0.478 e. The molecular formula is C16H19NO4. The highest BCUT2D eigenvalue weighted by atomic mass is 16.4. The van der Waals surface area contributed by atoms with Crippen LogP contribution in [-0.4, -0.2) is 22.2 Å². The van der Waals surface area contributed by atoms with Gasteiger partial charge in [0.15, 0.2) is 0 Å². The van der Waals surface area contributed by atoms with E-state index in [4.69, 9.17) is 15.9 Å². The van der Waals surface area contributed by atoms with Gasteiger partial charge < -0.3 is 15.9 Å². The van der Waals surface area contributed by atoms with Crippen molar-refractivity contribution in [3.05, 3.63) is 58.3 Å². The second kappa shape index (κ2) is 7.28. The van der Waals surface area contributed by atoms with E-state index >= 15 is 0 Å². The molecular weight excluding hydrogens is 270 g/mol. The molecule has 1 aliphatic carbocycles. The molecule has 0 atom stereocenters. The van der Waals surface area contributed by atoms with Crippen molar-refractivity contribution in [3.8, 4) is 0 Å². The van der Waals surface area contributed by atoms with E-state index in [-0.39, 0.29) is 11.1 Å². The van der Waals surface area contributed by atoms with Crippen LogP contribution < -0.4 is 5.73 Å². The van der Waals surface area contributed by atoms with Crippen molar-refractivity contribution < 1.29 is 19.8 Å². The van der Waals surface area contributed by atoms with E-state index in [1.54, 1.807) is 6.92 Å². The third-order valence-electron chi connectivity index (χ3n) is 3.03. The summed E-state index contributed by atoms with van der Waals surface area (Å²) in [5.74, 6) is -2.23. The van der Waals surface area contributed by atoms with Gasteiger partial charge in [-0.3, -0.25) is 0 Å². The number of allylic oxidation sites excluding steroid dienone is 4. The highest BCUT2D eigenvalue weighted by molar-refractivity contribution is 5.94. The van der Waals surface area contributed by atoms with Gasteiger partial charge in [0.2, 0.25) is 0 Å². The van der Waals surface area contributed by atoms with Crippen LogP contribution in [0.4, 0.5) is 0 Å². The normalized spacial score (nSPS) is 13.4. The molecule has 112 valence electrons.